The van der Waals surface area contributed by atoms with Crippen molar-refractivity contribution in [3.8, 4) is 0 Å². The first-order valence-electron chi connectivity index (χ1n) is 9.04. The molecule has 2 atom stereocenters. The fraction of sp³-hybridized carbons (Fsp3) is 0.350. The first kappa shape index (κ1) is 21.0. The standard InChI is InChI=1S/C20H24N4O4/c1-3-7-15(20(27)28-2)23-18(25)16(12-14-8-5-4-6-9-14)24-19(26)17-13-21-10-11-22-17/h4-6,8-11,13,15-16H,3,7,12H2,1-2H3,(H,23,25)(H,24,26)/t15-,16-/m0/s1. The summed E-state index contributed by atoms with van der Waals surface area (Å²) in [4.78, 5) is 45.0. The Hall–Kier alpha value is -3.29. The summed E-state index contributed by atoms with van der Waals surface area (Å²) in [5.41, 5.74) is 0.971. The van der Waals surface area contributed by atoms with Crippen LogP contribution < -0.4 is 10.6 Å². The Morgan fingerprint density at radius 2 is 1.82 bits per heavy atom. The molecular formula is C20H24N4O4. The van der Waals surface area contributed by atoms with E-state index in [1.807, 2.05) is 37.3 Å². The van der Waals surface area contributed by atoms with Gasteiger partial charge in [-0.05, 0) is 12.0 Å². The Bertz CT molecular complexity index is 783. The Balaban J connectivity index is 2.17. The van der Waals surface area contributed by atoms with Gasteiger partial charge in [-0.2, -0.15) is 0 Å². The lowest BCUT2D eigenvalue weighted by Crippen LogP contribution is -2.52. The number of amides is 2. The van der Waals surface area contributed by atoms with Crippen molar-refractivity contribution in [3.05, 3.63) is 60.2 Å². The molecule has 2 aromatic rings. The van der Waals surface area contributed by atoms with Crippen molar-refractivity contribution in [2.45, 2.75) is 38.3 Å². The summed E-state index contributed by atoms with van der Waals surface area (Å²) < 4.78 is 4.75. The first-order chi connectivity index (χ1) is 13.5. The zero-order valence-electron chi connectivity index (χ0n) is 15.9. The highest BCUT2D eigenvalue weighted by Gasteiger charge is 2.27. The summed E-state index contributed by atoms with van der Waals surface area (Å²) in [6.45, 7) is 1.90. The largest absolute Gasteiger partial charge is 0.467 e. The summed E-state index contributed by atoms with van der Waals surface area (Å²) in [5, 5.41) is 5.36. The number of rotatable bonds is 9. The van der Waals surface area contributed by atoms with Gasteiger partial charge in [0.2, 0.25) is 5.91 Å². The lowest BCUT2D eigenvalue weighted by Gasteiger charge is -2.22. The Labute approximate surface area is 163 Å². The Morgan fingerprint density at radius 3 is 2.43 bits per heavy atom. The van der Waals surface area contributed by atoms with Gasteiger partial charge in [0.1, 0.15) is 17.8 Å². The van der Waals surface area contributed by atoms with Crippen LogP contribution >= 0.6 is 0 Å². The average Bonchev–Trinajstić information content (AvgIpc) is 2.73. The topological polar surface area (TPSA) is 110 Å². The number of esters is 1. The third kappa shape index (κ3) is 6.15. The third-order valence-electron chi connectivity index (χ3n) is 4.08. The quantitative estimate of drug-likeness (QED) is 0.630. The second-order valence-corrected chi connectivity index (χ2v) is 6.18. The summed E-state index contributed by atoms with van der Waals surface area (Å²) in [5.74, 6) is -1.51. The molecule has 148 valence electrons. The van der Waals surface area contributed by atoms with Crippen LogP contribution in [0.3, 0.4) is 0 Å². The van der Waals surface area contributed by atoms with E-state index in [-0.39, 0.29) is 12.1 Å². The van der Waals surface area contributed by atoms with Gasteiger partial charge < -0.3 is 15.4 Å². The van der Waals surface area contributed by atoms with Crippen LogP contribution in [0.15, 0.2) is 48.9 Å². The number of nitrogens with one attached hydrogen (secondary N) is 2. The normalized spacial score (nSPS) is 12.5. The fourth-order valence-electron chi connectivity index (χ4n) is 2.66. The summed E-state index contributed by atoms with van der Waals surface area (Å²) in [6, 6.07) is 7.63. The van der Waals surface area contributed by atoms with E-state index < -0.39 is 29.9 Å². The number of hydrogen-bond acceptors (Lipinski definition) is 6. The molecular weight excluding hydrogens is 360 g/mol. The van der Waals surface area contributed by atoms with Crippen LogP contribution in [-0.2, 0) is 20.7 Å². The number of methoxy groups -OCH3 is 1. The van der Waals surface area contributed by atoms with Gasteiger partial charge in [-0.25, -0.2) is 9.78 Å². The number of benzene rings is 1. The second kappa shape index (κ2) is 10.8. The van der Waals surface area contributed by atoms with Gasteiger partial charge in [-0.3, -0.25) is 14.6 Å². The molecule has 0 saturated carbocycles. The maximum absolute atomic E-state index is 12.9. The summed E-state index contributed by atoms with van der Waals surface area (Å²) in [7, 11) is 1.27. The molecule has 0 aliphatic rings. The number of nitrogens with zero attached hydrogens (tertiary/aromatic N) is 2. The molecule has 2 rings (SSSR count). The van der Waals surface area contributed by atoms with Gasteiger partial charge in [0.25, 0.3) is 5.91 Å². The van der Waals surface area contributed by atoms with Crippen LogP contribution in [0, 0.1) is 0 Å². The number of aromatic nitrogens is 2. The highest BCUT2D eigenvalue weighted by molar-refractivity contribution is 5.96. The van der Waals surface area contributed by atoms with E-state index in [4.69, 9.17) is 4.74 Å². The minimum atomic E-state index is -0.888. The van der Waals surface area contributed by atoms with Crippen LogP contribution in [0.1, 0.15) is 35.8 Å². The predicted molar refractivity (Wildman–Crippen MR) is 102 cm³/mol. The maximum atomic E-state index is 12.9. The van der Waals surface area contributed by atoms with E-state index in [1.54, 1.807) is 0 Å². The lowest BCUT2D eigenvalue weighted by atomic mass is 10.0. The molecule has 0 aliphatic carbocycles. The van der Waals surface area contributed by atoms with E-state index in [9.17, 15) is 14.4 Å². The number of ether oxygens (including phenoxy) is 1. The second-order valence-electron chi connectivity index (χ2n) is 6.18. The van der Waals surface area contributed by atoms with E-state index in [0.29, 0.717) is 12.8 Å². The molecule has 0 bridgehead atoms. The highest BCUT2D eigenvalue weighted by atomic mass is 16.5. The molecule has 0 aliphatic heterocycles. The fourth-order valence-corrected chi connectivity index (χ4v) is 2.66. The van der Waals surface area contributed by atoms with Crippen molar-refractivity contribution in [1.29, 1.82) is 0 Å². The van der Waals surface area contributed by atoms with E-state index in [1.165, 1.54) is 25.7 Å². The molecule has 0 saturated heterocycles. The Kier molecular flexibility index (Phi) is 8.08. The van der Waals surface area contributed by atoms with Gasteiger partial charge in [0.05, 0.1) is 13.3 Å². The van der Waals surface area contributed by atoms with Gasteiger partial charge >= 0.3 is 5.97 Å². The molecule has 8 nitrogen and oxygen atoms in total. The van der Waals surface area contributed by atoms with Crippen LogP contribution in [0.5, 0.6) is 0 Å². The van der Waals surface area contributed by atoms with Crippen molar-refractivity contribution >= 4 is 17.8 Å². The lowest BCUT2D eigenvalue weighted by molar-refractivity contribution is -0.145. The number of hydrogen-bond donors (Lipinski definition) is 2. The van der Waals surface area contributed by atoms with Crippen LogP contribution in [-0.4, -0.2) is 46.9 Å². The van der Waals surface area contributed by atoms with Gasteiger partial charge in [-0.15, -0.1) is 0 Å². The summed E-state index contributed by atoms with van der Waals surface area (Å²) in [6.07, 6.45) is 5.57. The van der Waals surface area contributed by atoms with Crippen LogP contribution in [0.25, 0.3) is 0 Å². The molecule has 2 amide bonds. The zero-order valence-corrected chi connectivity index (χ0v) is 15.9. The smallest absolute Gasteiger partial charge is 0.328 e. The minimum absolute atomic E-state index is 0.103. The monoisotopic (exact) mass is 384 g/mol. The predicted octanol–water partition coefficient (Wildman–Crippen LogP) is 1.28. The Morgan fingerprint density at radius 1 is 1.07 bits per heavy atom. The van der Waals surface area contributed by atoms with Crippen molar-refractivity contribution in [2.24, 2.45) is 0 Å². The molecule has 8 heteroatoms. The van der Waals surface area contributed by atoms with Gasteiger partial charge in [-0.1, -0.05) is 43.7 Å². The molecule has 1 heterocycles. The zero-order chi connectivity index (χ0) is 20.4. The van der Waals surface area contributed by atoms with Crippen LogP contribution in [0.2, 0.25) is 0 Å². The molecule has 1 aromatic heterocycles. The van der Waals surface area contributed by atoms with Crippen LogP contribution in [0.4, 0.5) is 0 Å². The third-order valence-corrected chi connectivity index (χ3v) is 4.08. The first-order valence-corrected chi connectivity index (χ1v) is 9.04. The number of carbonyl (C=O) groups is 3. The molecule has 0 fully saturated rings. The highest BCUT2D eigenvalue weighted by Crippen LogP contribution is 2.07. The van der Waals surface area contributed by atoms with E-state index >= 15 is 0 Å². The molecule has 28 heavy (non-hydrogen) atoms. The SMILES string of the molecule is CCC[C@H](NC(=O)[C@H](Cc1ccccc1)NC(=O)c1cnccn1)C(=O)OC. The summed E-state index contributed by atoms with van der Waals surface area (Å²) >= 11 is 0. The minimum Gasteiger partial charge on any atom is -0.467 e. The van der Waals surface area contributed by atoms with Crippen molar-refractivity contribution in [2.75, 3.05) is 7.11 Å². The number of carbonyl (C=O) groups excluding carboxylic acids is 3. The van der Waals surface area contributed by atoms with Crippen molar-refractivity contribution in [1.82, 2.24) is 20.6 Å². The van der Waals surface area contributed by atoms with E-state index in [2.05, 4.69) is 20.6 Å². The molecule has 2 N–H and O–H groups in total. The van der Waals surface area contributed by atoms with Crippen molar-refractivity contribution in [3.63, 3.8) is 0 Å². The average molecular weight is 384 g/mol. The molecule has 0 unspecified atom stereocenters. The molecule has 0 spiro atoms. The van der Waals surface area contributed by atoms with Crippen molar-refractivity contribution < 1.29 is 19.1 Å². The van der Waals surface area contributed by atoms with Gasteiger partial charge in [0, 0.05) is 18.8 Å². The molecule has 0 radical (unpaired) electrons. The molecule has 1 aromatic carbocycles. The van der Waals surface area contributed by atoms with Gasteiger partial charge in [0.15, 0.2) is 0 Å². The maximum Gasteiger partial charge on any atom is 0.328 e. The van der Waals surface area contributed by atoms with E-state index in [0.717, 1.165) is 5.56 Å².